The first-order chi connectivity index (χ1) is 8.74. The number of aryl methyl sites for hydroxylation is 1. The summed E-state index contributed by atoms with van der Waals surface area (Å²) in [5.41, 5.74) is 8.79. The second-order valence-electron chi connectivity index (χ2n) is 5.98. The standard InChI is InChI=1S/C15H23N3/c1-11-4-3-7-17-15(11)10-18-8-12-5-2-6-14(16)13(12)9-18/h3-4,7,12-14H,2,5-6,8-10,16H2,1H3. The smallest absolute Gasteiger partial charge is 0.0573 e. The molecule has 0 amide bonds. The molecule has 0 spiro atoms. The normalized spacial score (nSPS) is 32.4. The van der Waals surface area contributed by atoms with E-state index in [2.05, 4.69) is 22.9 Å². The van der Waals surface area contributed by atoms with Crippen molar-refractivity contribution < 1.29 is 0 Å². The van der Waals surface area contributed by atoms with Crippen molar-refractivity contribution in [3.8, 4) is 0 Å². The summed E-state index contributed by atoms with van der Waals surface area (Å²) in [4.78, 5) is 7.06. The molecule has 3 unspecified atom stereocenters. The summed E-state index contributed by atoms with van der Waals surface area (Å²) in [5.74, 6) is 1.56. The second-order valence-corrected chi connectivity index (χ2v) is 5.98. The first kappa shape index (κ1) is 12.1. The van der Waals surface area contributed by atoms with Crippen LogP contribution in [-0.4, -0.2) is 29.0 Å². The van der Waals surface area contributed by atoms with Crippen LogP contribution in [0.4, 0.5) is 0 Å². The van der Waals surface area contributed by atoms with Gasteiger partial charge in [-0.2, -0.15) is 0 Å². The summed E-state index contributed by atoms with van der Waals surface area (Å²) in [5, 5.41) is 0. The molecule has 98 valence electrons. The lowest BCUT2D eigenvalue weighted by molar-refractivity contribution is 0.259. The van der Waals surface area contributed by atoms with Crippen LogP contribution in [0.5, 0.6) is 0 Å². The van der Waals surface area contributed by atoms with E-state index in [0.717, 1.165) is 18.4 Å². The van der Waals surface area contributed by atoms with E-state index >= 15 is 0 Å². The van der Waals surface area contributed by atoms with Gasteiger partial charge in [0, 0.05) is 31.9 Å². The summed E-state index contributed by atoms with van der Waals surface area (Å²) in [6.45, 7) is 5.53. The van der Waals surface area contributed by atoms with Gasteiger partial charge in [-0.1, -0.05) is 12.5 Å². The highest BCUT2D eigenvalue weighted by atomic mass is 15.2. The Morgan fingerprint density at radius 3 is 3.06 bits per heavy atom. The van der Waals surface area contributed by atoms with E-state index in [4.69, 9.17) is 5.73 Å². The van der Waals surface area contributed by atoms with Gasteiger partial charge in [-0.15, -0.1) is 0 Å². The maximum atomic E-state index is 6.26. The number of aromatic nitrogens is 1. The second kappa shape index (κ2) is 4.98. The summed E-state index contributed by atoms with van der Waals surface area (Å²) >= 11 is 0. The molecule has 3 heteroatoms. The van der Waals surface area contributed by atoms with Gasteiger partial charge in [0.1, 0.15) is 0 Å². The van der Waals surface area contributed by atoms with Crippen molar-refractivity contribution in [2.75, 3.05) is 13.1 Å². The van der Waals surface area contributed by atoms with Crippen molar-refractivity contribution in [3.05, 3.63) is 29.6 Å². The molecule has 1 saturated heterocycles. The van der Waals surface area contributed by atoms with Gasteiger partial charge in [0.25, 0.3) is 0 Å². The van der Waals surface area contributed by atoms with Gasteiger partial charge >= 0.3 is 0 Å². The predicted octanol–water partition coefficient (Wildman–Crippen LogP) is 1.95. The minimum Gasteiger partial charge on any atom is -0.327 e. The van der Waals surface area contributed by atoms with Crippen molar-refractivity contribution in [3.63, 3.8) is 0 Å². The highest BCUT2D eigenvalue weighted by molar-refractivity contribution is 5.17. The van der Waals surface area contributed by atoms with Gasteiger partial charge in [-0.25, -0.2) is 0 Å². The molecule has 1 aromatic rings. The Morgan fingerprint density at radius 1 is 1.39 bits per heavy atom. The van der Waals surface area contributed by atoms with E-state index in [1.54, 1.807) is 0 Å². The summed E-state index contributed by atoms with van der Waals surface area (Å²) in [6.07, 6.45) is 5.81. The zero-order valence-electron chi connectivity index (χ0n) is 11.2. The van der Waals surface area contributed by atoms with Gasteiger partial charge in [-0.3, -0.25) is 9.88 Å². The highest BCUT2D eigenvalue weighted by Gasteiger charge is 2.38. The summed E-state index contributed by atoms with van der Waals surface area (Å²) in [7, 11) is 0. The van der Waals surface area contributed by atoms with Crippen molar-refractivity contribution in [2.24, 2.45) is 17.6 Å². The van der Waals surface area contributed by atoms with E-state index in [1.165, 1.54) is 43.6 Å². The summed E-state index contributed by atoms with van der Waals surface area (Å²) < 4.78 is 0. The molecule has 3 nitrogen and oxygen atoms in total. The van der Waals surface area contributed by atoms with Crippen LogP contribution in [0.15, 0.2) is 18.3 Å². The lowest BCUT2D eigenvalue weighted by Crippen LogP contribution is -2.38. The number of fused-ring (bicyclic) bond motifs is 1. The zero-order valence-corrected chi connectivity index (χ0v) is 11.2. The lowest BCUT2D eigenvalue weighted by atomic mass is 9.78. The molecular weight excluding hydrogens is 222 g/mol. The zero-order chi connectivity index (χ0) is 12.5. The molecule has 1 aliphatic carbocycles. The topological polar surface area (TPSA) is 42.2 Å². The Bertz CT molecular complexity index is 418. The first-order valence-electron chi connectivity index (χ1n) is 7.12. The fourth-order valence-corrected chi connectivity index (χ4v) is 3.63. The van der Waals surface area contributed by atoms with Crippen LogP contribution in [0.25, 0.3) is 0 Å². The average Bonchev–Trinajstić information content (AvgIpc) is 2.76. The molecule has 2 aliphatic rings. The Labute approximate surface area is 109 Å². The number of pyridine rings is 1. The molecule has 0 aromatic carbocycles. The Kier molecular flexibility index (Phi) is 3.35. The average molecular weight is 245 g/mol. The van der Waals surface area contributed by atoms with Gasteiger partial charge in [0.05, 0.1) is 5.69 Å². The van der Waals surface area contributed by atoms with Crippen LogP contribution in [0.2, 0.25) is 0 Å². The van der Waals surface area contributed by atoms with E-state index in [1.807, 2.05) is 12.3 Å². The molecule has 2 fully saturated rings. The minimum atomic E-state index is 0.429. The molecule has 2 heterocycles. The highest BCUT2D eigenvalue weighted by Crippen LogP contribution is 2.36. The van der Waals surface area contributed by atoms with E-state index in [9.17, 15) is 0 Å². The quantitative estimate of drug-likeness (QED) is 0.866. The molecule has 0 radical (unpaired) electrons. The van der Waals surface area contributed by atoms with E-state index < -0.39 is 0 Å². The van der Waals surface area contributed by atoms with Gasteiger partial charge < -0.3 is 5.73 Å². The minimum absolute atomic E-state index is 0.429. The van der Waals surface area contributed by atoms with E-state index in [0.29, 0.717) is 6.04 Å². The fraction of sp³-hybridized carbons (Fsp3) is 0.667. The number of nitrogens with two attached hydrogens (primary N) is 1. The fourth-order valence-electron chi connectivity index (χ4n) is 3.63. The molecular formula is C15H23N3. The van der Waals surface area contributed by atoms with Crippen LogP contribution >= 0.6 is 0 Å². The molecule has 3 rings (SSSR count). The lowest BCUT2D eigenvalue weighted by Gasteiger charge is -2.29. The molecule has 1 aromatic heterocycles. The third-order valence-electron chi connectivity index (χ3n) is 4.72. The number of nitrogens with zero attached hydrogens (tertiary/aromatic N) is 2. The third-order valence-corrected chi connectivity index (χ3v) is 4.72. The molecule has 0 bridgehead atoms. The summed E-state index contributed by atoms with van der Waals surface area (Å²) in [6, 6.07) is 4.59. The molecule has 2 N–H and O–H groups in total. The van der Waals surface area contributed by atoms with Crippen LogP contribution in [0.3, 0.4) is 0 Å². The van der Waals surface area contributed by atoms with Gasteiger partial charge in [0.2, 0.25) is 0 Å². The predicted molar refractivity (Wildman–Crippen MR) is 73.1 cm³/mol. The number of hydrogen-bond donors (Lipinski definition) is 1. The van der Waals surface area contributed by atoms with Gasteiger partial charge in [-0.05, 0) is 43.2 Å². The molecule has 1 aliphatic heterocycles. The maximum Gasteiger partial charge on any atom is 0.0573 e. The molecule has 18 heavy (non-hydrogen) atoms. The monoisotopic (exact) mass is 245 g/mol. The first-order valence-corrected chi connectivity index (χ1v) is 7.12. The number of hydrogen-bond acceptors (Lipinski definition) is 3. The molecule has 3 atom stereocenters. The number of likely N-dealkylation sites (tertiary alicyclic amines) is 1. The van der Waals surface area contributed by atoms with E-state index in [-0.39, 0.29) is 0 Å². The van der Waals surface area contributed by atoms with Crippen molar-refractivity contribution in [2.45, 2.75) is 38.8 Å². The number of rotatable bonds is 2. The molecule has 1 saturated carbocycles. The van der Waals surface area contributed by atoms with Crippen LogP contribution in [0.1, 0.15) is 30.5 Å². The van der Waals surface area contributed by atoms with Gasteiger partial charge in [0.15, 0.2) is 0 Å². The van der Waals surface area contributed by atoms with Crippen molar-refractivity contribution in [1.29, 1.82) is 0 Å². The maximum absolute atomic E-state index is 6.26. The van der Waals surface area contributed by atoms with Crippen LogP contribution in [0, 0.1) is 18.8 Å². The Morgan fingerprint density at radius 2 is 2.28 bits per heavy atom. The third kappa shape index (κ3) is 2.29. The Hall–Kier alpha value is -0.930. The van der Waals surface area contributed by atoms with Crippen LogP contribution in [-0.2, 0) is 6.54 Å². The van der Waals surface area contributed by atoms with Crippen LogP contribution < -0.4 is 5.73 Å². The largest absolute Gasteiger partial charge is 0.327 e. The Balaban J connectivity index is 1.67. The SMILES string of the molecule is Cc1cccnc1CN1CC2CCCC(N)C2C1. The van der Waals surface area contributed by atoms with Crippen molar-refractivity contribution >= 4 is 0 Å². The van der Waals surface area contributed by atoms with Crippen molar-refractivity contribution in [1.82, 2.24) is 9.88 Å².